The Kier molecular flexibility index (Phi) is 18.9. The summed E-state index contributed by atoms with van der Waals surface area (Å²) in [5.41, 5.74) is 8.27. The van der Waals surface area contributed by atoms with E-state index in [1.807, 2.05) is 21.1 Å². The van der Waals surface area contributed by atoms with Crippen LogP contribution in [-0.2, 0) is 37.5 Å². The van der Waals surface area contributed by atoms with E-state index in [2.05, 4.69) is 118 Å². The summed E-state index contributed by atoms with van der Waals surface area (Å²) in [7, 11) is 12.8. The molecule has 13 heteroatoms. The maximum absolute atomic E-state index is 6.15. The first-order chi connectivity index (χ1) is 29.9. The van der Waals surface area contributed by atoms with Crippen molar-refractivity contribution >= 4 is 0 Å². The predicted molar refractivity (Wildman–Crippen MR) is 254 cm³/mol. The van der Waals surface area contributed by atoms with Crippen LogP contribution >= 0.6 is 0 Å². The summed E-state index contributed by atoms with van der Waals surface area (Å²) in [4.78, 5) is 7.29. The third-order valence-electron chi connectivity index (χ3n) is 15.0. The minimum Gasteiger partial charge on any atom is -0.376 e. The van der Waals surface area contributed by atoms with Crippen molar-refractivity contribution in [1.29, 1.82) is 0 Å². The van der Waals surface area contributed by atoms with E-state index >= 15 is 0 Å². The molecular formula is C49H88N12O. The lowest BCUT2D eigenvalue weighted by molar-refractivity contribution is -0.0387. The molecule has 1 saturated heterocycles. The molecule has 6 rings (SSSR count). The molecular weight excluding hydrogens is 773 g/mol. The number of hydrogen-bond acceptors (Lipinski definition) is 10. The number of ether oxygens (including phenoxy) is 1. The maximum Gasteiger partial charge on any atom is 0.0702 e. The first-order valence-corrected chi connectivity index (χ1v) is 24.7. The average molecular weight is 861 g/mol. The van der Waals surface area contributed by atoms with Crippen molar-refractivity contribution in [3.8, 4) is 0 Å². The van der Waals surface area contributed by atoms with Gasteiger partial charge in [0.2, 0.25) is 0 Å². The molecule has 3 aliphatic rings. The van der Waals surface area contributed by atoms with Crippen LogP contribution in [0.15, 0.2) is 18.6 Å². The zero-order valence-electron chi connectivity index (χ0n) is 40.8. The topological polar surface area (TPSA) is 119 Å². The van der Waals surface area contributed by atoms with Crippen LogP contribution in [0.5, 0.6) is 0 Å². The van der Waals surface area contributed by atoms with Gasteiger partial charge in [-0.05, 0) is 144 Å². The van der Waals surface area contributed by atoms with Crippen LogP contribution in [0.25, 0.3) is 0 Å². The van der Waals surface area contributed by atoms with E-state index in [1.165, 1.54) is 85.1 Å². The van der Waals surface area contributed by atoms with Gasteiger partial charge in [-0.15, -0.1) is 0 Å². The molecule has 1 aliphatic heterocycles. The number of likely N-dealkylation sites (N-methyl/N-ethyl adjacent to an activating group) is 6. The van der Waals surface area contributed by atoms with E-state index < -0.39 is 0 Å². The first kappa shape index (κ1) is 48.8. The van der Waals surface area contributed by atoms with E-state index in [0.717, 1.165) is 90.8 Å². The number of rotatable bonds is 24. The van der Waals surface area contributed by atoms with Crippen LogP contribution in [0, 0.1) is 23.7 Å². The van der Waals surface area contributed by atoms with Gasteiger partial charge < -0.3 is 35.4 Å². The van der Waals surface area contributed by atoms with Gasteiger partial charge in [0.05, 0.1) is 29.8 Å². The fourth-order valence-electron chi connectivity index (χ4n) is 11.3. The molecule has 4 heterocycles. The molecule has 4 atom stereocenters. The largest absolute Gasteiger partial charge is 0.376 e. The molecule has 0 radical (unpaired) electrons. The first-order valence-electron chi connectivity index (χ1n) is 24.7. The summed E-state index contributed by atoms with van der Waals surface area (Å²) in [6.45, 7) is 20.4. The van der Waals surface area contributed by atoms with Crippen LogP contribution in [0.1, 0.15) is 143 Å². The number of aromatic nitrogens is 6. The molecule has 4 unspecified atom stereocenters. The highest BCUT2D eigenvalue weighted by molar-refractivity contribution is 5.24. The van der Waals surface area contributed by atoms with E-state index in [1.54, 1.807) is 0 Å². The molecule has 0 spiro atoms. The van der Waals surface area contributed by atoms with Crippen LogP contribution in [0.2, 0.25) is 0 Å². The highest BCUT2D eigenvalue weighted by atomic mass is 16.5. The summed E-state index contributed by atoms with van der Waals surface area (Å²) in [6.07, 6.45) is 19.5. The average Bonchev–Trinajstić information content (AvgIpc) is 3.99. The lowest BCUT2D eigenvalue weighted by atomic mass is 9.75. The van der Waals surface area contributed by atoms with Crippen LogP contribution in [0.4, 0.5) is 0 Å². The lowest BCUT2D eigenvalue weighted by Crippen LogP contribution is -2.30. The van der Waals surface area contributed by atoms with Crippen molar-refractivity contribution in [3.63, 3.8) is 0 Å². The van der Waals surface area contributed by atoms with Gasteiger partial charge in [0.15, 0.2) is 0 Å². The molecule has 3 aromatic rings. The SMILES string of the molecule is CNCCN(C)Cc1cn(CC(C)C2CCC(c3[nH]ncc3CN(C)CCNC)CC2)nc1C1CCC(C(C)Cn2cc(CN(C)CCNC)c(C3CC(C)OC(C)C3)n2)CC1. The number of hydrogen-bond donors (Lipinski definition) is 4. The van der Waals surface area contributed by atoms with Crippen LogP contribution in [-0.4, -0.2) is 138 Å². The fraction of sp³-hybridized carbons (Fsp3) is 0.816. The second-order valence-corrected chi connectivity index (χ2v) is 20.5. The Bertz CT molecular complexity index is 1710. The molecule has 3 fully saturated rings. The van der Waals surface area contributed by atoms with Crippen molar-refractivity contribution in [3.05, 3.63) is 52.4 Å². The molecule has 0 amide bonds. The van der Waals surface area contributed by atoms with E-state index in [9.17, 15) is 0 Å². The van der Waals surface area contributed by atoms with Crippen LogP contribution < -0.4 is 16.0 Å². The Morgan fingerprint density at radius 3 is 1.50 bits per heavy atom. The predicted octanol–water partition coefficient (Wildman–Crippen LogP) is 6.65. The molecule has 350 valence electrons. The Morgan fingerprint density at radius 1 is 0.629 bits per heavy atom. The zero-order chi connectivity index (χ0) is 44.2. The highest BCUT2D eigenvalue weighted by Crippen LogP contribution is 2.42. The van der Waals surface area contributed by atoms with Gasteiger partial charge in [-0.25, -0.2) is 0 Å². The number of nitrogens with zero attached hydrogens (tertiary/aromatic N) is 8. The summed E-state index contributed by atoms with van der Waals surface area (Å²) >= 11 is 0. The van der Waals surface area contributed by atoms with Crippen molar-refractivity contribution < 1.29 is 4.74 Å². The molecule has 13 nitrogen and oxygen atoms in total. The van der Waals surface area contributed by atoms with E-state index in [-0.39, 0.29) is 12.2 Å². The summed E-state index contributed by atoms with van der Waals surface area (Å²) in [6, 6.07) is 0. The minimum atomic E-state index is 0.278. The Morgan fingerprint density at radius 2 is 1.05 bits per heavy atom. The molecule has 2 saturated carbocycles. The van der Waals surface area contributed by atoms with Gasteiger partial charge >= 0.3 is 0 Å². The summed E-state index contributed by atoms with van der Waals surface area (Å²) in [5.74, 6) is 4.20. The smallest absolute Gasteiger partial charge is 0.0702 e. The maximum atomic E-state index is 6.15. The monoisotopic (exact) mass is 861 g/mol. The molecule has 3 aromatic heterocycles. The van der Waals surface area contributed by atoms with Gasteiger partial charge in [0.25, 0.3) is 0 Å². The van der Waals surface area contributed by atoms with Gasteiger partial charge in [-0.1, -0.05) is 13.8 Å². The van der Waals surface area contributed by atoms with Gasteiger partial charge in [0.1, 0.15) is 0 Å². The number of nitrogens with one attached hydrogen (secondary N) is 4. The third kappa shape index (κ3) is 13.7. The second-order valence-electron chi connectivity index (χ2n) is 20.5. The molecule has 62 heavy (non-hydrogen) atoms. The molecule has 0 aromatic carbocycles. The highest BCUT2D eigenvalue weighted by Gasteiger charge is 2.33. The lowest BCUT2D eigenvalue weighted by Gasteiger charge is -2.33. The Hall–Kier alpha value is -2.65. The summed E-state index contributed by atoms with van der Waals surface area (Å²) < 4.78 is 10.8. The normalized spacial score (nSPS) is 25.9. The van der Waals surface area contributed by atoms with Crippen LogP contribution in [0.3, 0.4) is 0 Å². The number of aromatic amines is 1. The van der Waals surface area contributed by atoms with E-state index in [4.69, 9.17) is 14.9 Å². The third-order valence-corrected chi connectivity index (χ3v) is 15.0. The standard InChI is InChI=1S/C49H88N12O/c1-35(39-11-15-41(16-12-39)47-44(27-53-54-47)30-57(8)22-19-50-5)28-60-33-45(31-58(9)23-20-51-6)48(55-60)42-17-13-40(14-18-42)36(2)29-61-34-46(32-59(10)24-21-52-7)49(56-61)43-25-37(3)62-38(4)26-43/h27,33-43,50-52H,11-26,28-32H2,1-10H3,(H,53,54). The van der Waals surface area contributed by atoms with Crippen molar-refractivity contribution in [1.82, 2.24) is 60.4 Å². The van der Waals surface area contributed by atoms with Crippen molar-refractivity contribution in [2.24, 2.45) is 23.7 Å². The summed E-state index contributed by atoms with van der Waals surface area (Å²) in [5, 5.41) is 28.7. The van der Waals surface area contributed by atoms with Gasteiger partial charge in [-0.2, -0.15) is 15.3 Å². The quantitative estimate of drug-likeness (QED) is 0.0781. The van der Waals surface area contributed by atoms with Crippen molar-refractivity contribution in [2.75, 3.05) is 81.6 Å². The molecule has 0 bridgehead atoms. The Balaban J connectivity index is 1.06. The van der Waals surface area contributed by atoms with Gasteiger partial charge in [-0.3, -0.25) is 14.5 Å². The Labute approximate surface area is 376 Å². The fourth-order valence-corrected chi connectivity index (χ4v) is 11.3. The van der Waals surface area contributed by atoms with Gasteiger partial charge in [0, 0.05) is 125 Å². The minimum absolute atomic E-state index is 0.278. The second kappa shape index (κ2) is 24.0. The number of H-pyrrole nitrogens is 1. The van der Waals surface area contributed by atoms with Crippen molar-refractivity contribution in [2.45, 2.75) is 155 Å². The molecule has 4 N–H and O–H groups in total. The van der Waals surface area contributed by atoms with E-state index in [0.29, 0.717) is 35.5 Å². The molecule has 2 aliphatic carbocycles. The zero-order valence-corrected chi connectivity index (χ0v) is 40.8.